The van der Waals surface area contributed by atoms with E-state index < -0.39 is 0 Å². The Hall–Kier alpha value is -8.74. The van der Waals surface area contributed by atoms with Crippen LogP contribution in [0.4, 0.5) is 45.5 Å². The molecule has 5 nitrogen and oxygen atoms in total. The topological polar surface area (TPSA) is 36.0 Å². The second-order valence-electron chi connectivity index (χ2n) is 31.7. The molecule has 15 rings (SSSR count). The maximum atomic E-state index is 7.28. The number of hydrogen-bond acceptors (Lipinski definition) is 5. The van der Waals surface area contributed by atoms with Gasteiger partial charge in [-0.3, -0.25) is 0 Å². The molecule has 0 N–H and O–H groups in total. The SMILES string of the molecule is CC(C)(C)c1ccc(N2B3c4cc(N(c5ccc(C(C)(C)C)cc5)c5ccc(C(C)(C)C)cc5)ccc4N(c4ccc(C(C)(C)C)cc4-c4ccccc4)c4c3c(cc3oc5ccccc5c43)-c3cc4c(cc32)oc2cc3c(cc24)C(C)(C)CCC3(C)C)cc1. The second kappa shape index (κ2) is 19.9. The predicted octanol–water partition coefficient (Wildman–Crippen LogP) is 22.9. The summed E-state index contributed by atoms with van der Waals surface area (Å²) in [6, 6.07) is 74.3. The monoisotopic (exact) mass is 1180 g/mol. The van der Waals surface area contributed by atoms with Crippen molar-refractivity contribution in [3.63, 3.8) is 0 Å². The largest absolute Gasteiger partial charge is 0.456 e. The lowest BCUT2D eigenvalue weighted by molar-refractivity contribution is 0.332. The number of furan rings is 2. The Morgan fingerprint density at radius 1 is 0.400 bits per heavy atom. The maximum Gasteiger partial charge on any atom is 0.333 e. The molecule has 0 saturated heterocycles. The molecule has 0 amide bonds. The van der Waals surface area contributed by atoms with Crippen molar-refractivity contribution in [2.24, 2.45) is 0 Å². The summed E-state index contributed by atoms with van der Waals surface area (Å²) in [6.07, 6.45) is 2.26. The zero-order valence-electron chi connectivity index (χ0n) is 55.6. The van der Waals surface area contributed by atoms with Crippen LogP contribution in [0.5, 0.6) is 0 Å². The molecule has 0 fully saturated rings. The molecule has 0 spiro atoms. The molecule has 10 aromatic carbocycles. The Morgan fingerprint density at radius 3 is 1.52 bits per heavy atom. The van der Waals surface area contributed by atoms with Crippen LogP contribution in [0.3, 0.4) is 0 Å². The molecule has 0 saturated carbocycles. The highest BCUT2D eigenvalue weighted by Gasteiger charge is 2.48. The van der Waals surface area contributed by atoms with Gasteiger partial charge in [0.15, 0.2) is 0 Å². The van der Waals surface area contributed by atoms with Crippen LogP contribution in [0.2, 0.25) is 0 Å². The minimum atomic E-state index is -0.342. The van der Waals surface area contributed by atoms with Crippen LogP contribution in [-0.2, 0) is 32.5 Å². The summed E-state index contributed by atoms with van der Waals surface area (Å²) in [5.41, 5.74) is 27.2. The van der Waals surface area contributed by atoms with Crippen molar-refractivity contribution in [2.75, 3.05) is 14.6 Å². The van der Waals surface area contributed by atoms with Gasteiger partial charge in [0.25, 0.3) is 0 Å². The van der Waals surface area contributed by atoms with E-state index in [1.807, 2.05) is 0 Å². The third-order valence-electron chi connectivity index (χ3n) is 20.5. The van der Waals surface area contributed by atoms with Gasteiger partial charge in [0.05, 0.1) is 16.8 Å². The lowest BCUT2D eigenvalue weighted by Gasteiger charge is -2.46. The fraction of sp³-hybridized carbons (Fsp3) is 0.286. The third-order valence-corrected chi connectivity index (χ3v) is 20.5. The van der Waals surface area contributed by atoms with E-state index in [1.165, 1.54) is 49.9 Å². The zero-order valence-corrected chi connectivity index (χ0v) is 55.6. The smallest absolute Gasteiger partial charge is 0.333 e. The number of para-hydroxylation sites is 1. The van der Waals surface area contributed by atoms with Crippen LogP contribution in [0, 0.1) is 0 Å². The molecule has 90 heavy (non-hydrogen) atoms. The molecular formula is C84H84BN3O2. The Labute approximate surface area is 533 Å². The molecular weight excluding hydrogens is 1090 g/mol. The summed E-state index contributed by atoms with van der Waals surface area (Å²) in [4.78, 5) is 7.76. The van der Waals surface area contributed by atoms with Crippen LogP contribution < -0.4 is 25.5 Å². The predicted molar refractivity (Wildman–Crippen MR) is 385 cm³/mol. The average molecular weight is 1180 g/mol. The first-order valence-corrected chi connectivity index (χ1v) is 32.7. The lowest BCUT2D eigenvalue weighted by atomic mass is 9.43. The standard InChI is InChI=1S/C84H84BN3O2/c1-79(2,3)52-26-33-56(34-27-52)86(57-35-28-53(29-36-57)80(4,5)6)59-39-41-70-68(45-59)85-77-65(48-75-76(60-24-20-21-25-72(60)89-75)78(77)87(70)69-40-32-55(82(10,11)12)44-61(69)51-22-18-17-19-23-51)62-46-63-64-47-66-67(84(15,16)43-42-83(66,13)14)49-73(64)90-74(63)50-71(62)88(85)58-37-30-54(31-38-58)81(7,8)9/h17-41,44-50H,42-43H2,1-16H3. The van der Waals surface area contributed by atoms with E-state index in [1.54, 1.807) is 0 Å². The van der Waals surface area contributed by atoms with Crippen LogP contribution in [0.15, 0.2) is 203 Å². The van der Waals surface area contributed by atoms with Gasteiger partial charge in [0.2, 0.25) is 0 Å². The van der Waals surface area contributed by atoms with Gasteiger partial charge in [0, 0.05) is 67.5 Å². The van der Waals surface area contributed by atoms with Crippen molar-refractivity contribution in [3.05, 3.63) is 228 Å². The molecule has 3 aliphatic rings. The molecule has 0 bridgehead atoms. The number of anilines is 8. The normalized spacial score (nSPS) is 15.4. The fourth-order valence-corrected chi connectivity index (χ4v) is 15.1. The van der Waals surface area contributed by atoms with Crippen molar-refractivity contribution in [3.8, 4) is 22.3 Å². The first-order valence-electron chi connectivity index (χ1n) is 32.7. The minimum absolute atomic E-state index is 0.0134. The van der Waals surface area contributed by atoms with Crippen LogP contribution in [-0.4, -0.2) is 6.85 Å². The summed E-state index contributed by atoms with van der Waals surface area (Å²) in [5.74, 6) is 0. The van der Waals surface area contributed by atoms with Crippen molar-refractivity contribution in [1.29, 1.82) is 0 Å². The first kappa shape index (κ1) is 57.7. The number of nitrogens with zero attached hydrogens (tertiary/aromatic N) is 3. The second-order valence-corrected chi connectivity index (χ2v) is 31.7. The van der Waals surface area contributed by atoms with Gasteiger partial charge in [-0.2, -0.15) is 0 Å². The fourth-order valence-electron chi connectivity index (χ4n) is 15.1. The third kappa shape index (κ3) is 9.24. The Morgan fingerprint density at radius 2 is 0.911 bits per heavy atom. The van der Waals surface area contributed by atoms with E-state index in [9.17, 15) is 0 Å². The highest BCUT2D eigenvalue weighted by molar-refractivity contribution is 6.94. The first-order chi connectivity index (χ1) is 42.6. The molecule has 1 aliphatic carbocycles. The number of fused-ring (bicyclic) bond motifs is 12. The van der Waals surface area contributed by atoms with Crippen molar-refractivity contribution >= 4 is 107 Å². The summed E-state index contributed by atoms with van der Waals surface area (Å²) in [6.45, 7) is 37.0. The number of benzene rings is 10. The van der Waals surface area contributed by atoms with Gasteiger partial charge in [-0.1, -0.05) is 202 Å². The Balaban J connectivity index is 1.10. The van der Waals surface area contributed by atoms with E-state index in [2.05, 4.69) is 320 Å². The Bertz CT molecular complexity index is 4800. The zero-order chi connectivity index (χ0) is 62.9. The molecule has 450 valence electrons. The highest BCUT2D eigenvalue weighted by atomic mass is 16.3. The van der Waals surface area contributed by atoms with Crippen LogP contribution >= 0.6 is 0 Å². The van der Waals surface area contributed by atoms with E-state index in [-0.39, 0.29) is 39.3 Å². The van der Waals surface area contributed by atoms with E-state index in [0.29, 0.717) is 0 Å². The van der Waals surface area contributed by atoms with E-state index in [4.69, 9.17) is 8.83 Å². The van der Waals surface area contributed by atoms with Gasteiger partial charge in [0.1, 0.15) is 22.3 Å². The summed E-state index contributed by atoms with van der Waals surface area (Å²) < 4.78 is 14.5. The van der Waals surface area contributed by atoms with Gasteiger partial charge < -0.3 is 23.4 Å². The van der Waals surface area contributed by atoms with Crippen molar-refractivity contribution < 1.29 is 8.83 Å². The van der Waals surface area contributed by atoms with Gasteiger partial charge >= 0.3 is 6.85 Å². The molecule has 6 heteroatoms. The quantitative estimate of drug-likeness (QED) is 0.155. The van der Waals surface area contributed by atoms with Crippen molar-refractivity contribution in [1.82, 2.24) is 0 Å². The van der Waals surface area contributed by atoms with Crippen LogP contribution in [0.1, 0.15) is 157 Å². The summed E-state index contributed by atoms with van der Waals surface area (Å²) >= 11 is 0. The number of rotatable bonds is 6. The minimum Gasteiger partial charge on any atom is -0.456 e. The molecule has 2 aromatic heterocycles. The lowest BCUT2D eigenvalue weighted by Crippen LogP contribution is -2.61. The van der Waals surface area contributed by atoms with Gasteiger partial charge in [-0.15, -0.1) is 0 Å². The number of hydrogen-bond donors (Lipinski definition) is 0. The van der Waals surface area contributed by atoms with Gasteiger partial charge in [-0.05, 0) is 198 Å². The van der Waals surface area contributed by atoms with E-state index >= 15 is 0 Å². The maximum absolute atomic E-state index is 7.28. The molecule has 0 atom stereocenters. The Kier molecular flexibility index (Phi) is 12.7. The molecule has 4 heterocycles. The van der Waals surface area contributed by atoms with Crippen LogP contribution in [0.25, 0.3) is 66.1 Å². The molecule has 0 unspecified atom stereocenters. The molecule has 12 aromatic rings. The highest BCUT2D eigenvalue weighted by Crippen LogP contribution is 2.56. The summed E-state index contributed by atoms with van der Waals surface area (Å²) in [7, 11) is 0. The summed E-state index contributed by atoms with van der Waals surface area (Å²) in [5, 5.41) is 4.47. The average Bonchev–Trinajstić information content (AvgIpc) is 1.14. The molecule has 0 radical (unpaired) electrons. The van der Waals surface area contributed by atoms with E-state index in [0.717, 1.165) is 119 Å². The van der Waals surface area contributed by atoms with Crippen molar-refractivity contribution in [2.45, 2.75) is 156 Å². The molecule has 2 aliphatic heterocycles. The van der Waals surface area contributed by atoms with Gasteiger partial charge in [-0.25, -0.2) is 0 Å².